The third-order valence-corrected chi connectivity index (χ3v) is 5.72. The van der Waals surface area contributed by atoms with Crippen molar-refractivity contribution in [1.82, 2.24) is 9.88 Å². The molecule has 0 spiro atoms. The summed E-state index contributed by atoms with van der Waals surface area (Å²) >= 11 is 0. The average molecular weight is 422 g/mol. The Kier molecular flexibility index (Phi) is 5.93. The molecule has 4 rings (SSSR count). The highest BCUT2D eigenvalue weighted by Crippen LogP contribution is 2.30. The van der Waals surface area contributed by atoms with Gasteiger partial charge in [0, 0.05) is 41.2 Å². The maximum Gasteiger partial charge on any atom is 0.232 e. The molecule has 2 heterocycles. The van der Waals surface area contributed by atoms with Crippen LogP contribution in [0.2, 0.25) is 0 Å². The number of benzene rings is 2. The van der Waals surface area contributed by atoms with Crippen LogP contribution in [0.3, 0.4) is 0 Å². The van der Waals surface area contributed by atoms with Crippen LogP contribution in [-0.2, 0) is 4.79 Å². The molecule has 1 amide bonds. The second-order valence-corrected chi connectivity index (χ2v) is 7.70. The van der Waals surface area contributed by atoms with E-state index in [0.717, 1.165) is 21.9 Å². The third kappa shape index (κ3) is 3.82. The second kappa shape index (κ2) is 8.96. The number of carbonyl (C=O) groups excluding carboxylic acids is 2. The Morgan fingerprint density at radius 2 is 1.88 bits per heavy atom. The van der Waals surface area contributed by atoms with Gasteiger partial charge < -0.3 is 0 Å². The summed E-state index contributed by atoms with van der Waals surface area (Å²) in [4.78, 5) is 32.3. The molecule has 3 aromatic rings. The fourth-order valence-corrected chi connectivity index (χ4v) is 4.10. The van der Waals surface area contributed by atoms with Crippen molar-refractivity contribution in [2.45, 2.75) is 20.3 Å². The lowest BCUT2D eigenvalue weighted by molar-refractivity contribution is -0.126. The van der Waals surface area contributed by atoms with Gasteiger partial charge in [-0.05, 0) is 35.9 Å². The number of nitrogens with zero attached hydrogens (tertiary/aromatic N) is 2. The first-order valence-corrected chi connectivity index (χ1v) is 10.5. The molecule has 5 nitrogen and oxygen atoms in total. The van der Waals surface area contributed by atoms with Crippen LogP contribution >= 0.6 is 0 Å². The fraction of sp³-hybridized carbons (Fsp3) is 0.148. The van der Waals surface area contributed by atoms with Crippen LogP contribution in [0.15, 0.2) is 78.6 Å². The highest BCUT2D eigenvalue weighted by molar-refractivity contribution is 6.15. The lowest BCUT2D eigenvalue weighted by Crippen LogP contribution is -2.29. The Morgan fingerprint density at radius 3 is 2.66 bits per heavy atom. The number of carbonyl (C=O) groups is 2. The van der Waals surface area contributed by atoms with E-state index in [1.54, 1.807) is 25.4 Å². The van der Waals surface area contributed by atoms with Crippen LogP contribution in [0.1, 0.15) is 41.9 Å². The molecule has 1 aromatic heterocycles. The predicted octanol–water partition coefficient (Wildman–Crippen LogP) is 5.49. The van der Waals surface area contributed by atoms with E-state index in [0.29, 0.717) is 17.0 Å². The number of fused-ring (bicyclic) bond motifs is 2. The van der Waals surface area contributed by atoms with Gasteiger partial charge in [0.05, 0.1) is 0 Å². The maximum absolute atomic E-state index is 13.4. The lowest BCUT2D eigenvalue weighted by Gasteiger charge is -2.26. The Balaban J connectivity index is 1.57. The van der Waals surface area contributed by atoms with Crippen molar-refractivity contribution in [3.63, 3.8) is 0 Å². The Labute approximate surface area is 186 Å². The van der Waals surface area contributed by atoms with Crippen molar-refractivity contribution in [2.75, 3.05) is 0 Å². The van der Waals surface area contributed by atoms with Gasteiger partial charge in [-0.15, -0.1) is 0 Å². The monoisotopic (exact) mass is 421 g/mol. The summed E-state index contributed by atoms with van der Waals surface area (Å²) in [5.74, 6) is 1.71. The third-order valence-electron chi connectivity index (χ3n) is 5.72. The van der Waals surface area contributed by atoms with Gasteiger partial charge in [-0.25, -0.2) is 0 Å². The molecule has 0 radical (unpaired) electrons. The molecule has 0 aliphatic carbocycles. The van der Waals surface area contributed by atoms with E-state index in [2.05, 4.69) is 10.9 Å². The standard InChI is InChI=1S/C27H23N3O2/c1-3-21(27(32)26-23-11-7-5-8-19(23)12-14-29-26)18(2)16-25(31)30-15-13-20-9-4-6-10-22(20)24(30)17-28/h3-15,18,28H,16H2,1-2H3/b21-3+. The van der Waals surface area contributed by atoms with E-state index in [4.69, 9.17) is 5.41 Å². The number of hydrogen-bond donors (Lipinski definition) is 1. The van der Waals surface area contributed by atoms with Crippen molar-refractivity contribution in [3.05, 3.63) is 95.5 Å². The SMILES string of the molecule is C/C=C(/C(=O)c1nccc2ccccc12)C(C)CC(=O)N1C=Cc2ccccc2C1=C=N. The van der Waals surface area contributed by atoms with E-state index < -0.39 is 0 Å². The molecular formula is C27H23N3O2. The number of rotatable bonds is 5. The number of nitrogens with one attached hydrogen (secondary N) is 1. The number of aromatic nitrogens is 1. The first kappa shape index (κ1) is 21.2. The van der Waals surface area contributed by atoms with Crippen molar-refractivity contribution in [3.8, 4) is 0 Å². The van der Waals surface area contributed by atoms with Crippen molar-refractivity contribution in [1.29, 1.82) is 5.41 Å². The van der Waals surface area contributed by atoms with Gasteiger partial charge in [-0.1, -0.05) is 61.5 Å². The van der Waals surface area contributed by atoms with Crippen LogP contribution in [0.4, 0.5) is 0 Å². The smallest absolute Gasteiger partial charge is 0.232 e. The Morgan fingerprint density at radius 1 is 1.12 bits per heavy atom. The number of Topliss-reactive ketones (excluding diaryl/α,β-unsaturated/α-hetero) is 1. The van der Waals surface area contributed by atoms with Crippen LogP contribution in [0.25, 0.3) is 22.5 Å². The Bertz CT molecular complexity index is 1320. The number of hydrogen-bond acceptors (Lipinski definition) is 4. The summed E-state index contributed by atoms with van der Waals surface area (Å²) in [5, 5.41) is 9.46. The first-order valence-electron chi connectivity index (χ1n) is 10.5. The van der Waals surface area contributed by atoms with E-state index in [1.165, 1.54) is 4.90 Å². The minimum atomic E-state index is -0.321. The molecule has 0 bridgehead atoms. The van der Waals surface area contributed by atoms with E-state index in [1.807, 2.05) is 67.6 Å². The second-order valence-electron chi connectivity index (χ2n) is 7.70. The van der Waals surface area contributed by atoms with Crippen LogP contribution < -0.4 is 0 Å². The van der Waals surface area contributed by atoms with Gasteiger partial charge in [0.15, 0.2) is 0 Å². The zero-order valence-electron chi connectivity index (χ0n) is 18.0. The molecule has 1 unspecified atom stereocenters. The van der Waals surface area contributed by atoms with E-state index >= 15 is 0 Å². The minimum absolute atomic E-state index is 0.119. The topological polar surface area (TPSA) is 74.1 Å². The molecule has 0 saturated heterocycles. The quantitative estimate of drug-likeness (QED) is 0.336. The largest absolute Gasteiger partial charge is 0.287 e. The van der Waals surface area contributed by atoms with Crippen LogP contribution in [-0.4, -0.2) is 27.4 Å². The molecule has 1 aliphatic rings. The van der Waals surface area contributed by atoms with Gasteiger partial charge in [-0.3, -0.25) is 24.9 Å². The van der Waals surface area contributed by atoms with E-state index in [9.17, 15) is 9.59 Å². The van der Waals surface area contributed by atoms with Crippen molar-refractivity contribution in [2.24, 2.45) is 5.92 Å². The van der Waals surface area contributed by atoms with Crippen molar-refractivity contribution < 1.29 is 9.59 Å². The molecule has 2 aromatic carbocycles. The molecule has 0 fully saturated rings. The van der Waals surface area contributed by atoms with Crippen LogP contribution in [0, 0.1) is 11.3 Å². The fourth-order valence-electron chi connectivity index (χ4n) is 4.10. The lowest BCUT2D eigenvalue weighted by atomic mass is 9.90. The van der Waals surface area contributed by atoms with Crippen molar-refractivity contribution >= 4 is 40.1 Å². The van der Waals surface area contributed by atoms with Gasteiger partial charge in [0.1, 0.15) is 11.4 Å². The number of ketones is 1. The summed E-state index contributed by atoms with van der Waals surface area (Å²) in [6, 6.07) is 17.1. The number of pyridine rings is 1. The summed E-state index contributed by atoms with van der Waals surface area (Å²) in [6.45, 7) is 3.67. The van der Waals surface area contributed by atoms with Gasteiger partial charge in [0.25, 0.3) is 0 Å². The zero-order chi connectivity index (χ0) is 22.7. The zero-order valence-corrected chi connectivity index (χ0v) is 18.0. The van der Waals surface area contributed by atoms with Gasteiger partial charge in [0.2, 0.25) is 11.7 Å². The van der Waals surface area contributed by atoms with Gasteiger partial charge in [-0.2, -0.15) is 0 Å². The number of amides is 1. The Hall–Kier alpha value is -4.08. The minimum Gasteiger partial charge on any atom is -0.287 e. The molecule has 1 atom stereocenters. The predicted molar refractivity (Wildman–Crippen MR) is 127 cm³/mol. The molecule has 5 heteroatoms. The van der Waals surface area contributed by atoms with Crippen LogP contribution in [0.5, 0.6) is 0 Å². The van der Waals surface area contributed by atoms with Gasteiger partial charge >= 0.3 is 0 Å². The normalized spacial score (nSPS) is 14.1. The molecular weight excluding hydrogens is 398 g/mol. The number of allylic oxidation sites excluding steroid dienone is 2. The summed E-state index contributed by atoms with van der Waals surface area (Å²) in [7, 11) is 0. The molecule has 158 valence electrons. The maximum atomic E-state index is 13.4. The molecule has 1 aliphatic heterocycles. The highest BCUT2D eigenvalue weighted by Gasteiger charge is 2.27. The summed E-state index contributed by atoms with van der Waals surface area (Å²) in [6.07, 6.45) is 7.03. The molecule has 1 N–H and O–H groups in total. The summed E-state index contributed by atoms with van der Waals surface area (Å²) in [5.41, 5.74) is 3.06. The average Bonchev–Trinajstić information content (AvgIpc) is 2.83. The first-order chi connectivity index (χ1) is 15.5. The highest BCUT2D eigenvalue weighted by atomic mass is 16.2. The summed E-state index contributed by atoms with van der Waals surface area (Å²) < 4.78 is 0. The van der Waals surface area contributed by atoms with E-state index in [-0.39, 0.29) is 24.0 Å². The molecule has 32 heavy (non-hydrogen) atoms. The molecule has 0 saturated carbocycles.